The molecule has 4 rings (SSSR count). The molecule has 124 valence electrons. The van der Waals surface area contributed by atoms with E-state index in [0.717, 1.165) is 37.3 Å². The summed E-state index contributed by atoms with van der Waals surface area (Å²) in [6, 6.07) is 10.0. The van der Waals surface area contributed by atoms with Gasteiger partial charge in [0.15, 0.2) is 11.2 Å². The van der Waals surface area contributed by atoms with Crippen LogP contribution in [0.3, 0.4) is 0 Å². The number of aryl methyl sites for hydroxylation is 1. The summed E-state index contributed by atoms with van der Waals surface area (Å²) in [6.45, 7) is 4.40. The van der Waals surface area contributed by atoms with Crippen LogP contribution < -0.4 is 5.76 Å². The fraction of sp³-hybridized carbons (Fsp3) is 0.389. The molecule has 0 radical (unpaired) electrons. The van der Waals surface area contributed by atoms with Crippen molar-refractivity contribution in [2.75, 3.05) is 13.1 Å². The number of hydrogen-bond donors (Lipinski definition) is 0. The summed E-state index contributed by atoms with van der Waals surface area (Å²) in [5.74, 6) is -0.340. The second kappa shape index (κ2) is 6.20. The normalized spacial score (nSPS) is 18.5. The summed E-state index contributed by atoms with van der Waals surface area (Å²) in [5.41, 5.74) is 3.32. The fourth-order valence-corrected chi connectivity index (χ4v) is 3.50. The zero-order valence-corrected chi connectivity index (χ0v) is 13.7. The van der Waals surface area contributed by atoms with Gasteiger partial charge in [-0.2, -0.15) is 0 Å². The lowest BCUT2D eigenvalue weighted by Crippen LogP contribution is -2.30. The van der Waals surface area contributed by atoms with Gasteiger partial charge < -0.3 is 4.42 Å². The second-order valence-corrected chi connectivity index (χ2v) is 6.24. The third-order valence-electron chi connectivity index (χ3n) is 4.65. The standard InChI is InChI=1S/C18H20N4O2/c1-13-5-2-6-14(20-13)15-7-4-10-21(15)11-12-22-17-16(24-18(22)23)8-3-9-19-17/h2-3,5-6,8-9,15H,4,7,10-12H2,1H3. The van der Waals surface area contributed by atoms with E-state index in [2.05, 4.69) is 27.0 Å². The van der Waals surface area contributed by atoms with Gasteiger partial charge in [0, 0.05) is 25.0 Å². The van der Waals surface area contributed by atoms with Gasteiger partial charge in [0.05, 0.1) is 11.7 Å². The quantitative estimate of drug-likeness (QED) is 0.738. The van der Waals surface area contributed by atoms with Crippen molar-refractivity contribution in [2.45, 2.75) is 32.4 Å². The van der Waals surface area contributed by atoms with E-state index in [1.54, 1.807) is 22.9 Å². The topological polar surface area (TPSA) is 64.2 Å². The Bertz CT molecular complexity index is 915. The lowest BCUT2D eigenvalue weighted by molar-refractivity contribution is 0.241. The Balaban J connectivity index is 1.54. The number of rotatable bonds is 4. The molecule has 0 saturated carbocycles. The lowest BCUT2D eigenvalue weighted by Gasteiger charge is -2.24. The first-order chi connectivity index (χ1) is 11.7. The molecular weight excluding hydrogens is 304 g/mol. The van der Waals surface area contributed by atoms with Crippen LogP contribution in [0.25, 0.3) is 11.2 Å². The van der Waals surface area contributed by atoms with Crippen molar-refractivity contribution in [3.8, 4) is 0 Å². The number of pyridine rings is 2. The Morgan fingerprint density at radius 3 is 3.04 bits per heavy atom. The maximum absolute atomic E-state index is 12.1. The molecule has 0 spiro atoms. The predicted molar refractivity (Wildman–Crippen MR) is 90.8 cm³/mol. The van der Waals surface area contributed by atoms with Gasteiger partial charge in [-0.05, 0) is 50.6 Å². The molecule has 0 bridgehead atoms. The van der Waals surface area contributed by atoms with Gasteiger partial charge >= 0.3 is 5.76 Å². The van der Waals surface area contributed by atoms with Gasteiger partial charge in [-0.15, -0.1) is 0 Å². The van der Waals surface area contributed by atoms with Gasteiger partial charge in [0.25, 0.3) is 0 Å². The molecular formula is C18H20N4O2. The van der Waals surface area contributed by atoms with Gasteiger partial charge in [-0.25, -0.2) is 9.78 Å². The molecule has 0 N–H and O–H groups in total. The van der Waals surface area contributed by atoms with Crippen LogP contribution in [0.15, 0.2) is 45.7 Å². The molecule has 1 fully saturated rings. The highest BCUT2D eigenvalue weighted by Gasteiger charge is 2.27. The van der Waals surface area contributed by atoms with Crippen LogP contribution in [0.4, 0.5) is 0 Å². The SMILES string of the molecule is Cc1cccc(C2CCCN2CCn2c(=O)oc3cccnc32)n1. The van der Waals surface area contributed by atoms with E-state index in [9.17, 15) is 4.79 Å². The molecule has 1 aliphatic rings. The Kier molecular flexibility index (Phi) is 3.90. The van der Waals surface area contributed by atoms with E-state index in [4.69, 9.17) is 4.42 Å². The number of aromatic nitrogens is 3. The number of nitrogens with zero attached hydrogens (tertiary/aromatic N) is 4. The van der Waals surface area contributed by atoms with E-state index >= 15 is 0 Å². The Morgan fingerprint density at radius 2 is 2.17 bits per heavy atom. The van der Waals surface area contributed by atoms with Gasteiger partial charge in [0.1, 0.15) is 0 Å². The summed E-state index contributed by atoms with van der Waals surface area (Å²) in [7, 11) is 0. The molecule has 1 saturated heterocycles. The Labute approximate surface area is 139 Å². The summed E-state index contributed by atoms with van der Waals surface area (Å²) in [5, 5.41) is 0. The van der Waals surface area contributed by atoms with E-state index in [0.29, 0.717) is 23.8 Å². The molecule has 0 aliphatic carbocycles. The zero-order chi connectivity index (χ0) is 16.5. The van der Waals surface area contributed by atoms with E-state index in [1.807, 2.05) is 13.0 Å². The minimum atomic E-state index is -0.340. The molecule has 24 heavy (non-hydrogen) atoms. The second-order valence-electron chi connectivity index (χ2n) is 6.24. The monoisotopic (exact) mass is 324 g/mol. The van der Waals surface area contributed by atoms with Crippen molar-refractivity contribution in [3.63, 3.8) is 0 Å². The minimum absolute atomic E-state index is 0.326. The summed E-state index contributed by atoms with van der Waals surface area (Å²) in [6.07, 6.45) is 3.94. The zero-order valence-electron chi connectivity index (χ0n) is 13.7. The molecule has 6 nitrogen and oxygen atoms in total. The highest BCUT2D eigenvalue weighted by Crippen LogP contribution is 2.30. The van der Waals surface area contributed by atoms with Gasteiger partial charge in [-0.1, -0.05) is 6.07 Å². The highest BCUT2D eigenvalue weighted by molar-refractivity contribution is 5.67. The molecule has 0 aromatic carbocycles. The van der Waals surface area contributed by atoms with Crippen LogP contribution >= 0.6 is 0 Å². The molecule has 3 aromatic heterocycles. The number of oxazole rings is 1. The van der Waals surface area contributed by atoms with Crippen LogP contribution in [0.5, 0.6) is 0 Å². The minimum Gasteiger partial charge on any atom is -0.406 e. The molecule has 1 aliphatic heterocycles. The maximum Gasteiger partial charge on any atom is 0.421 e. The van der Waals surface area contributed by atoms with Crippen molar-refractivity contribution < 1.29 is 4.42 Å². The largest absolute Gasteiger partial charge is 0.421 e. The highest BCUT2D eigenvalue weighted by atomic mass is 16.4. The summed E-state index contributed by atoms with van der Waals surface area (Å²) < 4.78 is 6.87. The number of hydrogen-bond acceptors (Lipinski definition) is 5. The summed E-state index contributed by atoms with van der Waals surface area (Å²) in [4.78, 5) is 23.4. The Hall–Kier alpha value is -2.47. The van der Waals surface area contributed by atoms with Crippen LogP contribution in [0.2, 0.25) is 0 Å². The Morgan fingerprint density at radius 1 is 1.25 bits per heavy atom. The molecule has 3 aromatic rings. The molecule has 1 unspecified atom stereocenters. The predicted octanol–water partition coefficient (Wildman–Crippen LogP) is 2.53. The maximum atomic E-state index is 12.1. The lowest BCUT2D eigenvalue weighted by atomic mass is 10.1. The van der Waals surface area contributed by atoms with Crippen LogP contribution in [0.1, 0.15) is 30.3 Å². The third kappa shape index (κ3) is 2.73. The van der Waals surface area contributed by atoms with Crippen molar-refractivity contribution in [3.05, 3.63) is 58.5 Å². The van der Waals surface area contributed by atoms with Crippen molar-refractivity contribution in [2.24, 2.45) is 0 Å². The van der Waals surface area contributed by atoms with Gasteiger partial charge in [-0.3, -0.25) is 14.5 Å². The van der Waals surface area contributed by atoms with E-state index < -0.39 is 0 Å². The van der Waals surface area contributed by atoms with Crippen LogP contribution in [0, 0.1) is 6.92 Å². The number of fused-ring (bicyclic) bond motifs is 1. The summed E-state index contributed by atoms with van der Waals surface area (Å²) >= 11 is 0. The molecule has 0 amide bonds. The average molecular weight is 324 g/mol. The third-order valence-corrected chi connectivity index (χ3v) is 4.65. The van der Waals surface area contributed by atoms with Crippen molar-refractivity contribution in [1.82, 2.24) is 19.4 Å². The smallest absolute Gasteiger partial charge is 0.406 e. The van der Waals surface area contributed by atoms with Crippen LogP contribution in [-0.4, -0.2) is 32.5 Å². The van der Waals surface area contributed by atoms with Crippen molar-refractivity contribution in [1.29, 1.82) is 0 Å². The first kappa shape index (κ1) is 15.1. The average Bonchev–Trinajstić information content (AvgIpc) is 3.16. The first-order valence-corrected chi connectivity index (χ1v) is 8.34. The van der Waals surface area contributed by atoms with E-state index in [1.165, 1.54) is 0 Å². The van der Waals surface area contributed by atoms with Crippen molar-refractivity contribution >= 4 is 11.2 Å². The first-order valence-electron chi connectivity index (χ1n) is 8.34. The number of likely N-dealkylation sites (tertiary alicyclic amines) is 1. The van der Waals surface area contributed by atoms with E-state index in [-0.39, 0.29) is 5.76 Å². The molecule has 6 heteroatoms. The molecule has 1 atom stereocenters. The molecule has 4 heterocycles. The van der Waals surface area contributed by atoms with Gasteiger partial charge in [0.2, 0.25) is 0 Å². The fourth-order valence-electron chi connectivity index (χ4n) is 3.50. The van der Waals surface area contributed by atoms with Crippen LogP contribution in [-0.2, 0) is 6.54 Å².